The maximum Gasteiger partial charge on any atom is 0.129 e. The van der Waals surface area contributed by atoms with Crippen LogP contribution in [0.4, 0.5) is 26.3 Å². The predicted octanol–water partition coefficient (Wildman–Crippen LogP) is 9.12. The third-order valence-electron chi connectivity index (χ3n) is 4.73. The van der Waals surface area contributed by atoms with Gasteiger partial charge in [-0.2, -0.15) is 0 Å². The number of rotatable bonds is 0. The minimum absolute atomic E-state index is 0.0810. The highest BCUT2D eigenvalue weighted by Gasteiger charge is 1.99. The molecular formula is C29H28F6. The van der Waals surface area contributed by atoms with Gasteiger partial charge in [-0.3, -0.25) is 0 Å². The molecular weight excluding hydrogens is 462 g/mol. The van der Waals surface area contributed by atoms with Crippen LogP contribution in [-0.4, -0.2) is 0 Å². The van der Waals surface area contributed by atoms with E-state index in [2.05, 4.69) is 0 Å². The zero-order valence-corrected chi connectivity index (χ0v) is 20.3. The molecule has 4 aromatic rings. The molecule has 0 spiro atoms. The van der Waals surface area contributed by atoms with Crippen LogP contribution in [0, 0.1) is 69.5 Å². The highest BCUT2D eigenvalue weighted by molar-refractivity contribution is 5.22. The van der Waals surface area contributed by atoms with E-state index in [0.717, 1.165) is 23.8 Å². The van der Waals surface area contributed by atoms with Crippen molar-refractivity contribution in [2.24, 2.45) is 0 Å². The Morgan fingerprint density at radius 1 is 0.400 bits per heavy atom. The Morgan fingerprint density at radius 3 is 1.31 bits per heavy atom. The lowest BCUT2D eigenvalue weighted by atomic mass is 10.2. The molecule has 0 amide bonds. The van der Waals surface area contributed by atoms with E-state index in [0.29, 0.717) is 16.7 Å². The number of halogens is 6. The molecule has 0 aliphatic heterocycles. The summed E-state index contributed by atoms with van der Waals surface area (Å²) in [4.78, 5) is 0. The second-order valence-electron chi connectivity index (χ2n) is 7.74. The molecule has 0 heterocycles. The van der Waals surface area contributed by atoms with Crippen LogP contribution in [0.25, 0.3) is 0 Å². The van der Waals surface area contributed by atoms with Crippen molar-refractivity contribution in [3.05, 3.63) is 142 Å². The van der Waals surface area contributed by atoms with E-state index >= 15 is 0 Å². The summed E-state index contributed by atoms with van der Waals surface area (Å²) in [5, 5.41) is 0. The molecule has 0 bridgehead atoms. The fourth-order valence-corrected chi connectivity index (χ4v) is 2.44. The van der Waals surface area contributed by atoms with E-state index in [1.165, 1.54) is 44.2 Å². The van der Waals surface area contributed by atoms with Crippen LogP contribution in [0.3, 0.4) is 0 Å². The standard InChI is InChI=1S/C8H9F.2C7H6F2.C7H7F/c1-6-3-4-7(2)8(9)5-6;1-5-4-6(8)2-3-7(5)9;1-5-6(8)3-2-4-7(5)9;1-6-4-2-3-5-7(6)8/h3-5H,1-2H3;2*2-4H,1H3;2-5H,1H3. The van der Waals surface area contributed by atoms with Gasteiger partial charge in [0.15, 0.2) is 0 Å². The van der Waals surface area contributed by atoms with Crippen molar-refractivity contribution < 1.29 is 26.3 Å². The minimum Gasteiger partial charge on any atom is -0.207 e. The molecule has 6 heteroatoms. The van der Waals surface area contributed by atoms with Gasteiger partial charge in [0.1, 0.15) is 34.9 Å². The first-order chi connectivity index (χ1) is 16.4. The van der Waals surface area contributed by atoms with Crippen molar-refractivity contribution in [2.45, 2.75) is 34.6 Å². The highest BCUT2D eigenvalue weighted by Crippen LogP contribution is 2.09. The Hall–Kier alpha value is -3.54. The third kappa shape index (κ3) is 11.0. The summed E-state index contributed by atoms with van der Waals surface area (Å²) in [7, 11) is 0. The van der Waals surface area contributed by atoms with Gasteiger partial charge in [-0.25, -0.2) is 26.3 Å². The molecule has 0 aliphatic carbocycles. The van der Waals surface area contributed by atoms with Crippen LogP contribution in [0.2, 0.25) is 0 Å². The van der Waals surface area contributed by atoms with Gasteiger partial charge in [0.25, 0.3) is 0 Å². The summed E-state index contributed by atoms with van der Waals surface area (Å²) >= 11 is 0. The topological polar surface area (TPSA) is 0 Å². The summed E-state index contributed by atoms with van der Waals surface area (Å²) < 4.78 is 74.1. The molecule has 35 heavy (non-hydrogen) atoms. The van der Waals surface area contributed by atoms with Gasteiger partial charge < -0.3 is 0 Å². The first-order valence-corrected chi connectivity index (χ1v) is 10.7. The molecule has 0 saturated heterocycles. The van der Waals surface area contributed by atoms with Gasteiger partial charge >= 0.3 is 0 Å². The van der Waals surface area contributed by atoms with E-state index in [-0.39, 0.29) is 23.0 Å². The van der Waals surface area contributed by atoms with E-state index in [1.807, 2.05) is 19.1 Å². The van der Waals surface area contributed by atoms with Crippen molar-refractivity contribution in [3.8, 4) is 0 Å². The zero-order chi connectivity index (χ0) is 26.5. The summed E-state index contributed by atoms with van der Waals surface area (Å²) in [5.41, 5.74) is 2.80. The molecule has 0 atom stereocenters. The molecule has 0 aromatic heterocycles. The third-order valence-corrected chi connectivity index (χ3v) is 4.73. The predicted molar refractivity (Wildman–Crippen MR) is 129 cm³/mol. The van der Waals surface area contributed by atoms with Crippen LogP contribution in [-0.2, 0) is 0 Å². The number of hydrogen-bond acceptors (Lipinski definition) is 0. The van der Waals surface area contributed by atoms with Gasteiger partial charge in [0.05, 0.1) is 0 Å². The van der Waals surface area contributed by atoms with Crippen LogP contribution < -0.4 is 0 Å². The summed E-state index contributed by atoms with van der Waals surface area (Å²) in [5.74, 6) is -1.99. The smallest absolute Gasteiger partial charge is 0.129 e. The van der Waals surface area contributed by atoms with Crippen LogP contribution in [0.1, 0.15) is 27.8 Å². The number of aryl methyl sites for hydroxylation is 4. The second-order valence-corrected chi connectivity index (χ2v) is 7.74. The van der Waals surface area contributed by atoms with Crippen LogP contribution in [0.15, 0.2) is 78.9 Å². The van der Waals surface area contributed by atoms with Crippen LogP contribution in [0.5, 0.6) is 0 Å². The molecule has 0 nitrogen and oxygen atoms in total. The molecule has 0 saturated carbocycles. The Morgan fingerprint density at radius 2 is 0.914 bits per heavy atom. The summed E-state index contributed by atoms with van der Waals surface area (Å²) in [6.45, 7) is 8.32. The Kier molecular flexibility index (Phi) is 12.4. The first-order valence-electron chi connectivity index (χ1n) is 10.7. The maximum atomic E-state index is 12.6. The summed E-state index contributed by atoms with van der Waals surface area (Å²) in [6.07, 6.45) is 0. The van der Waals surface area contributed by atoms with Gasteiger partial charge in [-0.1, -0.05) is 36.4 Å². The first kappa shape index (κ1) is 29.5. The molecule has 186 valence electrons. The lowest BCUT2D eigenvalue weighted by Gasteiger charge is -1.94. The largest absolute Gasteiger partial charge is 0.207 e. The molecule has 0 aliphatic rings. The number of benzene rings is 4. The fourth-order valence-electron chi connectivity index (χ4n) is 2.44. The normalized spacial score (nSPS) is 9.57. The molecule has 4 aromatic carbocycles. The van der Waals surface area contributed by atoms with Crippen molar-refractivity contribution in [1.82, 2.24) is 0 Å². The average Bonchev–Trinajstić information content (AvgIpc) is 2.81. The lowest BCUT2D eigenvalue weighted by Crippen LogP contribution is -1.85. The second kappa shape index (κ2) is 14.7. The molecule has 0 radical (unpaired) electrons. The van der Waals surface area contributed by atoms with E-state index in [1.54, 1.807) is 32.0 Å². The van der Waals surface area contributed by atoms with Gasteiger partial charge in [-0.15, -0.1) is 0 Å². The Bertz CT molecular complexity index is 1130. The Labute approximate surface area is 202 Å². The number of hydrogen-bond donors (Lipinski definition) is 0. The van der Waals surface area contributed by atoms with Crippen molar-refractivity contribution in [1.29, 1.82) is 0 Å². The summed E-state index contributed by atoms with van der Waals surface area (Å²) in [6, 6.07) is 19.1. The lowest BCUT2D eigenvalue weighted by molar-refractivity contribution is 0.568. The van der Waals surface area contributed by atoms with Gasteiger partial charge in [0.2, 0.25) is 0 Å². The van der Waals surface area contributed by atoms with Gasteiger partial charge in [0, 0.05) is 5.56 Å². The van der Waals surface area contributed by atoms with Crippen LogP contribution >= 0.6 is 0 Å². The van der Waals surface area contributed by atoms with E-state index < -0.39 is 17.5 Å². The molecule has 0 fully saturated rings. The van der Waals surface area contributed by atoms with Crippen molar-refractivity contribution in [2.75, 3.05) is 0 Å². The SMILES string of the molecule is Cc1c(F)cccc1F.Cc1cc(F)ccc1F.Cc1ccc(C)c(F)c1.Cc1ccccc1F. The monoisotopic (exact) mass is 490 g/mol. The zero-order valence-electron chi connectivity index (χ0n) is 20.3. The molecule has 0 N–H and O–H groups in total. The Balaban J connectivity index is 0.000000234. The maximum absolute atomic E-state index is 12.6. The quantitative estimate of drug-likeness (QED) is 0.216. The van der Waals surface area contributed by atoms with E-state index in [4.69, 9.17) is 0 Å². The fraction of sp³-hybridized carbons (Fsp3) is 0.172. The van der Waals surface area contributed by atoms with E-state index in [9.17, 15) is 26.3 Å². The highest BCUT2D eigenvalue weighted by atomic mass is 19.1. The molecule has 0 unspecified atom stereocenters. The van der Waals surface area contributed by atoms with Crippen molar-refractivity contribution >= 4 is 0 Å². The van der Waals surface area contributed by atoms with Gasteiger partial charge in [-0.05, 0) is 99.3 Å². The minimum atomic E-state index is -0.491. The average molecular weight is 491 g/mol. The molecule has 4 rings (SSSR count). The van der Waals surface area contributed by atoms with Crippen molar-refractivity contribution in [3.63, 3.8) is 0 Å².